The van der Waals surface area contributed by atoms with E-state index in [1.165, 1.54) is 13.2 Å². The lowest BCUT2D eigenvalue weighted by Gasteiger charge is -2.14. The Morgan fingerprint density at radius 1 is 1.35 bits per heavy atom. The molecule has 0 saturated carbocycles. The largest absolute Gasteiger partial charge is 0.467 e. The van der Waals surface area contributed by atoms with E-state index in [0.29, 0.717) is 6.42 Å². The van der Waals surface area contributed by atoms with Crippen LogP contribution in [0.4, 0.5) is 0 Å². The van der Waals surface area contributed by atoms with Crippen molar-refractivity contribution in [3.63, 3.8) is 0 Å². The van der Waals surface area contributed by atoms with E-state index in [0.717, 1.165) is 11.3 Å². The van der Waals surface area contributed by atoms with Crippen LogP contribution in [-0.2, 0) is 14.3 Å². The number of nitrogens with one attached hydrogen (secondary N) is 1. The molecule has 108 valence electrons. The summed E-state index contributed by atoms with van der Waals surface area (Å²) in [4.78, 5) is 23.4. The molecule has 5 heteroatoms. The number of thioether (sulfide) groups is 1. The molecule has 0 heterocycles. The number of hydrogen-bond acceptors (Lipinski definition) is 4. The van der Waals surface area contributed by atoms with Gasteiger partial charge in [0.15, 0.2) is 0 Å². The van der Waals surface area contributed by atoms with E-state index < -0.39 is 12.0 Å². The molecule has 20 heavy (non-hydrogen) atoms. The Morgan fingerprint density at radius 2 is 2.05 bits per heavy atom. The molecule has 0 saturated heterocycles. The van der Waals surface area contributed by atoms with Gasteiger partial charge in [-0.3, -0.25) is 4.79 Å². The Bertz CT molecular complexity index is 459. The number of carbonyl (C=O) groups excluding carboxylic acids is 2. The second-order valence-electron chi connectivity index (χ2n) is 4.11. The first-order valence-electron chi connectivity index (χ1n) is 6.27. The van der Waals surface area contributed by atoms with Crippen LogP contribution >= 0.6 is 11.8 Å². The number of ether oxygens (including phenoxy) is 1. The molecule has 1 N–H and O–H groups in total. The maximum absolute atomic E-state index is 11.8. The number of hydrogen-bond donors (Lipinski definition) is 1. The van der Waals surface area contributed by atoms with Gasteiger partial charge in [0.05, 0.1) is 7.11 Å². The first-order valence-corrected chi connectivity index (χ1v) is 7.67. The van der Waals surface area contributed by atoms with Crippen molar-refractivity contribution in [2.45, 2.75) is 12.5 Å². The van der Waals surface area contributed by atoms with Crippen LogP contribution in [0.25, 0.3) is 6.08 Å². The Hall–Kier alpha value is -1.75. The maximum atomic E-state index is 11.8. The van der Waals surface area contributed by atoms with Crippen LogP contribution in [0.1, 0.15) is 12.0 Å². The lowest BCUT2D eigenvalue weighted by atomic mass is 10.2. The first-order chi connectivity index (χ1) is 9.67. The molecule has 0 unspecified atom stereocenters. The average Bonchev–Trinajstić information content (AvgIpc) is 2.49. The van der Waals surface area contributed by atoms with Gasteiger partial charge in [0.2, 0.25) is 5.91 Å². The summed E-state index contributed by atoms with van der Waals surface area (Å²) in [6.45, 7) is 0. The van der Waals surface area contributed by atoms with Gasteiger partial charge in [-0.1, -0.05) is 30.3 Å². The predicted octanol–water partition coefficient (Wildman–Crippen LogP) is 2.11. The summed E-state index contributed by atoms with van der Waals surface area (Å²) < 4.78 is 4.69. The molecule has 4 nitrogen and oxygen atoms in total. The van der Waals surface area contributed by atoms with Crippen LogP contribution in [0.3, 0.4) is 0 Å². The van der Waals surface area contributed by atoms with Crippen LogP contribution in [0.5, 0.6) is 0 Å². The zero-order valence-electron chi connectivity index (χ0n) is 11.7. The molecular formula is C15H19NO3S. The van der Waals surface area contributed by atoms with Crippen LogP contribution in [0.2, 0.25) is 0 Å². The van der Waals surface area contributed by atoms with Gasteiger partial charge in [-0.05, 0) is 30.1 Å². The molecule has 1 atom stereocenters. The van der Waals surface area contributed by atoms with Crippen molar-refractivity contribution in [3.8, 4) is 0 Å². The molecule has 1 rings (SSSR count). The van der Waals surface area contributed by atoms with Crippen molar-refractivity contribution < 1.29 is 14.3 Å². The van der Waals surface area contributed by atoms with Gasteiger partial charge in [-0.15, -0.1) is 0 Å². The standard InChI is InChI=1S/C15H19NO3S/c1-19-15(18)13(10-11-20-2)16-14(17)9-8-12-6-4-3-5-7-12/h3-9,13H,10-11H2,1-2H3,(H,16,17)/b9-8+/t13-/m1/s1. The Labute approximate surface area is 123 Å². The summed E-state index contributed by atoms with van der Waals surface area (Å²) in [5.41, 5.74) is 0.932. The van der Waals surface area contributed by atoms with Gasteiger partial charge in [0.25, 0.3) is 0 Å². The highest BCUT2D eigenvalue weighted by Crippen LogP contribution is 2.04. The monoisotopic (exact) mass is 293 g/mol. The van der Waals surface area contributed by atoms with Crippen molar-refractivity contribution >= 4 is 29.7 Å². The van der Waals surface area contributed by atoms with Gasteiger partial charge in [-0.25, -0.2) is 4.79 Å². The van der Waals surface area contributed by atoms with Crippen LogP contribution in [0, 0.1) is 0 Å². The highest BCUT2D eigenvalue weighted by molar-refractivity contribution is 7.98. The molecule has 0 aliphatic heterocycles. The third-order valence-electron chi connectivity index (χ3n) is 2.64. The number of esters is 1. The summed E-state index contributed by atoms with van der Waals surface area (Å²) >= 11 is 1.62. The zero-order chi connectivity index (χ0) is 14.8. The molecule has 0 aliphatic rings. The molecule has 0 aliphatic carbocycles. The van der Waals surface area contributed by atoms with E-state index in [9.17, 15) is 9.59 Å². The number of amides is 1. The van der Waals surface area contributed by atoms with Crippen LogP contribution in [0.15, 0.2) is 36.4 Å². The quantitative estimate of drug-likeness (QED) is 0.618. The summed E-state index contributed by atoms with van der Waals surface area (Å²) in [5.74, 6) is 0.0634. The third-order valence-corrected chi connectivity index (χ3v) is 3.28. The van der Waals surface area contributed by atoms with Gasteiger partial charge in [0, 0.05) is 6.08 Å². The minimum atomic E-state index is -0.597. The molecule has 0 bridgehead atoms. The Morgan fingerprint density at radius 3 is 2.65 bits per heavy atom. The van der Waals surface area contributed by atoms with Crippen molar-refractivity contribution in [2.75, 3.05) is 19.1 Å². The molecule has 1 aromatic carbocycles. The van der Waals surface area contributed by atoms with Crippen molar-refractivity contribution in [2.24, 2.45) is 0 Å². The Balaban J connectivity index is 2.57. The molecule has 0 aromatic heterocycles. The SMILES string of the molecule is COC(=O)[C@@H](CCSC)NC(=O)/C=C/c1ccccc1. The van der Waals surface area contributed by atoms with Gasteiger partial charge in [-0.2, -0.15) is 11.8 Å². The fourth-order valence-electron chi connectivity index (χ4n) is 1.58. The van der Waals surface area contributed by atoms with E-state index in [1.807, 2.05) is 36.6 Å². The molecule has 0 radical (unpaired) electrons. The fraction of sp³-hybridized carbons (Fsp3) is 0.333. The lowest BCUT2D eigenvalue weighted by Crippen LogP contribution is -2.41. The predicted molar refractivity (Wildman–Crippen MR) is 82.4 cm³/mol. The van der Waals surface area contributed by atoms with Crippen molar-refractivity contribution in [3.05, 3.63) is 42.0 Å². The van der Waals surface area contributed by atoms with E-state index in [1.54, 1.807) is 17.8 Å². The van der Waals surface area contributed by atoms with Crippen molar-refractivity contribution in [1.82, 2.24) is 5.32 Å². The summed E-state index contributed by atoms with van der Waals surface area (Å²) in [6.07, 6.45) is 5.63. The molecular weight excluding hydrogens is 274 g/mol. The van der Waals surface area contributed by atoms with Crippen LogP contribution < -0.4 is 5.32 Å². The van der Waals surface area contributed by atoms with E-state index in [2.05, 4.69) is 10.1 Å². The highest BCUT2D eigenvalue weighted by atomic mass is 32.2. The summed E-state index contributed by atoms with van der Waals surface area (Å²) in [6, 6.07) is 8.90. The second-order valence-corrected chi connectivity index (χ2v) is 5.10. The average molecular weight is 293 g/mol. The Kier molecular flexibility index (Phi) is 7.50. The number of benzene rings is 1. The summed E-state index contributed by atoms with van der Waals surface area (Å²) in [5, 5.41) is 2.66. The van der Waals surface area contributed by atoms with Crippen molar-refractivity contribution in [1.29, 1.82) is 0 Å². The highest BCUT2D eigenvalue weighted by Gasteiger charge is 2.19. The zero-order valence-corrected chi connectivity index (χ0v) is 12.5. The topological polar surface area (TPSA) is 55.4 Å². The fourth-order valence-corrected chi connectivity index (χ4v) is 2.05. The normalized spacial score (nSPS) is 12.1. The van der Waals surface area contributed by atoms with E-state index >= 15 is 0 Å². The second kappa shape index (κ2) is 9.20. The number of rotatable bonds is 7. The smallest absolute Gasteiger partial charge is 0.328 e. The lowest BCUT2D eigenvalue weighted by molar-refractivity contribution is -0.144. The van der Waals surface area contributed by atoms with Gasteiger partial charge < -0.3 is 10.1 Å². The van der Waals surface area contributed by atoms with E-state index in [-0.39, 0.29) is 5.91 Å². The molecule has 0 spiro atoms. The third kappa shape index (κ3) is 5.93. The van der Waals surface area contributed by atoms with Gasteiger partial charge in [0.1, 0.15) is 6.04 Å². The summed E-state index contributed by atoms with van der Waals surface area (Å²) in [7, 11) is 1.32. The number of carbonyl (C=O) groups is 2. The molecule has 1 aromatic rings. The van der Waals surface area contributed by atoms with E-state index in [4.69, 9.17) is 0 Å². The molecule has 1 amide bonds. The van der Waals surface area contributed by atoms with Gasteiger partial charge >= 0.3 is 5.97 Å². The van der Waals surface area contributed by atoms with Crippen LogP contribution in [-0.4, -0.2) is 37.0 Å². The minimum absolute atomic E-state index is 0.301. The number of methoxy groups -OCH3 is 1. The minimum Gasteiger partial charge on any atom is -0.467 e. The maximum Gasteiger partial charge on any atom is 0.328 e. The molecule has 0 fully saturated rings. The first kappa shape index (κ1) is 16.3.